The van der Waals surface area contributed by atoms with Crippen molar-refractivity contribution >= 4 is 33.8 Å². The van der Waals surface area contributed by atoms with E-state index in [-0.39, 0.29) is 15.7 Å². The average Bonchev–Trinajstić information content (AvgIpc) is 2.46. The summed E-state index contributed by atoms with van der Waals surface area (Å²) < 4.78 is 38.2. The summed E-state index contributed by atoms with van der Waals surface area (Å²) in [5.74, 6) is -0.666. The van der Waals surface area contributed by atoms with Gasteiger partial charge in [0.15, 0.2) is 0 Å². The summed E-state index contributed by atoms with van der Waals surface area (Å²) in [6.07, 6.45) is -2.63. The van der Waals surface area contributed by atoms with Crippen molar-refractivity contribution in [1.82, 2.24) is 9.97 Å². The van der Waals surface area contributed by atoms with Crippen molar-refractivity contribution in [3.8, 4) is 5.75 Å². The summed E-state index contributed by atoms with van der Waals surface area (Å²) >= 11 is 3.02. The third-order valence-corrected chi connectivity index (χ3v) is 3.24. The number of rotatable bonds is 3. The molecule has 0 saturated carbocycles. The number of halogens is 4. The number of phenolic OH excluding ortho intramolecular Hbond substituents is 1. The van der Waals surface area contributed by atoms with E-state index in [9.17, 15) is 33.2 Å². The Balaban J connectivity index is 2.48. The van der Waals surface area contributed by atoms with Gasteiger partial charge in [-0.25, -0.2) is 4.79 Å². The molecule has 0 radical (unpaired) electrons. The minimum Gasteiger partial charge on any atom is -0.502 e. The monoisotopic (exact) mass is 405 g/mol. The summed E-state index contributed by atoms with van der Waals surface area (Å²) in [4.78, 5) is 26.1. The van der Waals surface area contributed by atoms with E-state index < -0.39 is 33.9 Å². The number of aromatic amines is 1. The maximum absolute atomic E-state index is 12.6. The third-order valence-electron chi connectivity index (χ3n) is 2.78. The fourth-order valence-corrected chi connectivity index (χ4v) is 2.23. The van der Waals surface area contributed by atoms with Crippen LogP contribution in [0.3, 0.4) is 0 Å². The first kappa shape index (κ1) is 17.7. The molecule has 0 atom stereocenters. The Morgan fingerprint density at radius 1 is 1.29 bits per heavy atom. The molecule has 0 aliphatic heterocycles. The van der Waals surface area contributed by atoms with Crippen LogP contribution in [0.15, 0.2) is 27.5 Å². The average molecular weight is 406 g/mol. The zero-order chi connectivity index (χ0) is 18.1. The van der Waals surface area contributed by atoms with Crippen LogP contribution >= 0.6 is 15.9 Å². The smallest absolute Gasteiger partial charge is 0.431 e. The fourth-order valence-electron chi connectivity index (χ4n) is 1.76. The van der Waals surface area contributed by atoms with Crippen LogP contribution in [-0.4, -0.2) is 20.0 Å². The predicted molar refractivity (Wildman–Crippen MR) is 81.2 cm³/mol. The van der Waals surface area contributed by atoms with Crippen LogP contribution in [0.1, 0.15) is 17.0 Å². The lowest BCUT2D eigenvalue weighted by Crippen LogP contribution is -2.19. The number of alkyl halides is 3. The van der Waals surface area contributed by atoms with Crippen molar-refractivity contribution in [3.05, 3.63) is 60.2 Å². The SMILES string of the molecule is O=c1nc(/C=C/c2cc(Br)cc([N+](=O)[O-])c2O)cc(C(F)(F)F)[nH]1. The molecule has 2 rings (SSSR count). The van der Waals surface area contributed by atoms with E-state index in [1.54, 1.807) is 4.98 Å². The zero-order valence-corrected chi connectivity index (χ0v) is 13.1. The minimum absolute atomic E-state index is 0.0354. The quantitative estimate of drug-likeness (QED) is 0.601. The van der Waals surface area contributed by atoms with E-state index in [1.807, 2.05) is 0 Å². The van der Waals surface area contributed by atoms with E-state index in [0.29, 0.717) is 6.07 Å². The lowest BCUT2D eigenvalue weighted by Gasteiger charge is -2.06. The van der Waals surface area contributed by atoms with E-state index >= 15 is 0 Å². The fraction of sp³-hybridized carbons (Fsp3) is 0.0769. The summed E-state index contributed by atoms with van der Waals surface area (Å²) in [5.41, 5.74) is -3.43. The summed E-state index contributed by atoms with van der Waals surface area (Å²) in [6.45, 7) is 0. The number of hydrogen-bond acceptors (Lipinski definition) is 5. The molecular formula is C13H7BrF3N3O4. The molecule has 0 aliphatic carbocycles. The van der Waals surface area contributed by atoms with Gasteiger partial charge in [0.25, 0.3) is 0 Å². The van der Waals surface area contributed by atoms with Crippen LogP contribution in [0.5, 0.6) is 5.75 Å². The number of nitrogens with zero attached hydrogens (tertiary/aromatic N) is 2. The van der Waals surface area contributed by atoms with Crippen molar-refractivity contribution < 1.29 is 23.2 Å². The molecule has 1 aromatic carbocycles. The topological polar surface area (TPSA) is 109 Å². The van der Waals surface area contributed by atoms with E-state index in [0.717, 1.165) is 18.2 Å². The molecule has 1 aromatic heterocycles. The first-order valence-electron chi connectivity index (χ1n) is 6.11. The Kier molecular flexibility index (Phi) is 4.73. The molecule has 126 valence electrons. The number of nitrogens with one attached hydrogen (secondary N) is 1. The highest BCUT2D eigenvalue weighted by Gasteiger charge is 2.32. The molecular weight excluding hydrogens is 399 g/mol. The highest BCUT2D eigenvalue weighted by Crippen LogP contribution is 2.34. The van der Waals surface area contributed by atoms with E-state index in [2.05, 4.69) is 20.9 Å². The van der Waals surface area contributed by atoms with Gasteiger partial charge in [-0.2, -0.15) is 18.2 Å². The molecule has 24 heavy (non-hydrogen) atoms. The Hall–Kier alpha value is -2.69. The number of nitro groups is 1. The van der Waals surface area contributed by atoms with Gasteiger partial charge in [-0.3, -0.25) is 10.1 Å². The standard InChI is InChI=1S/C13H7BrF3N3O4/c14-7-3-6(11(21)9(4-7)20(23)24)1-2-8-5-10(13(15,16)17)19-12(22)18-8/h1-5,21H,(H,18,19,22)/b2-1+. The number of aromatic nitrogens is 2. The summed E-state index contributed by atoms with van der Waals surface area (Å²) in [6, 6.07) is 2.98. The molecule has 0 spiro atoms. The molecule has 0 saturated heterocycles. The first-order valence-corrected chi connectivity index (χ1v) is 6.91. The third kappa shape index (κ3) is 3.98. The lowest BCUT2D eigenvalue weighted by molar-refractivity contribution is -0.385. The maximum Gasteiger partial charge on any atom is 0.431 e. The maximum atomic E-state index is 12.6. The van der Waals surface area contributed by atoms with Crippen LogP contribution in [0.2, 0.25) is 0 Å². The van der Waals surface area contributed by atoms with Gasteiger partial charge in [-0.1, -0.05) is 15.9 Å². The Labute approximate surface area is 139 Å². The van der Waals surface area contributed by atoms with Crippen LogP contribution in [-0.2, 0) is 6.18 Å². The molecule has 2 aromatic rings. The molecule has 0 aliphatic rings. The normalized spacial score (nSPS) is 11.8. The Morgan fingerprint density at radius 3 is 2.54 bits per heavy atom. The highest BCUT2D eigenvalue weighted by molar-refractivity contribution is 9.10. The van der Waals surface area contributed by atoms with Crippen molar-refractivity contribution in [2.75, 3.05) is 0 Å². The summed E-state index contributed by atoms with van der Waals surface area (Å²) in [5, 5.41) is 20.6. The van der Waals surface area contributed by atoms with Gasteiger partial charge < -0.3 is 10.1 Å². The zero-order valence-electron chi connectivity index (χ0n) is 11.5. The molecule has 0 bridgehead atoms. The number of phenols is 1. The lowest BCUT2D eigenvalue weighted by atomic mass is 10.1. The number of hydrogen-bond donors (Lipinski definition) is 2. The van der Waals surface area contributed by atoms with Crippen molar-refractivity contribution in [3.63, 3.8) is 0 Å². The molecule has 11 heteroatoms. The number of benzene rings is 1. The Bertz CT molecular complexity index is 893. The van der Waals surface area contributed by atoms with Gasteiger partial charge in [-0.05, 0) is 24.3 Å². The van der Waals surface area contributed by atoms with E-state index in [1.165, 1.54) is 6.07 Å². The first-order chi connectivity index (χ1) is 11.1. The molecule has 0 fully saturated rings. The van der Waals surface area contributed by atoms with Crippen LogP contribution < -0.4 is 5.69 Å². The van der Waals surface area contributed by atoms with Crippen LogP contribution in [0.4, 0.5) is 18.9 Å². The Morgan fingerprint density at radius 2 is 1.96 bits per heavy atom. The van der Waals surface area contributed by atoms with Gasteiger partial charge in [-0.15, -0.1) is 0 Å². The highest BCUT2D eigenvalue weighted by atomic mass is 79.9. The molecule has 0 amide bonds. The summed E-state index contributed by atoms with van der Waals surface area (Å²) in [7, 11) is 0. The number of nitro benzene ring substituents is 1. The van der Waals surface area contributed by atoms with E-state index in [4.69, 9.17) is 0 Å². The minimum atomic E-state index is -4.76. The van der Waals surface area contributed by atoms with Crippen molar-refractivity contribution in [1.29, 1.82) is 0 Å². The van der Waals surface area contributed by atoms with Crippen LogP contribution in [0.25, 0.3) is 12.2 Å². The van der Waals surface area contributed by atoms with Gasteiger partial charge in [0.05, 0.1) is 10.6 Å². The second kappa shape index (κ2) is 6.43. The molecule has 1 heterocycles. The number of aromatic hydroxyl groups is 1. The molecule has 0 unspecified atom stereocenters. The predicted octanol–water partition coefficient (Wildman–Crippen LogP) is 3.34. The van der Waals surface area contributed by atoms with Gasteiger partial charge in [0.1, 0.15) is 5.69 Å². The molecule has 7 nitrogen and oxygen atoms in total. The molecule has 2 N–H and O–H groups in total. The van der Waals surface area contributed by atoms with Crippen LogP contribution in [0, 0.1) is 10.1 Å². The van der Waals surface area contributed by atoms with Gasteiger partial charge in [0.2, 0.25) is 5.75 Å². The number of H-pyrrole nitrogens is 1. The largest absolute Gasteiger partial charge is 0.502 e. The second-order valence-electron chi connectivity index (χ2n) is 4.48. The van der Waals surface area contributed by atoms with Crippen molar-refractivity contribution in [2.24, 2.45) is 0 Å². The van der Waals surface area contributed by atoms with Gasteiger partial charge in [0, 0.05) is 16.1 Å². The second-order valence-corrected chi connectivity index (χ2v) is 5.39. The van der Waals surface area contributed by atoms with Gasteiger partial charge >= 0.3 is 17.6 Å². The van der Waals surface area contributed by atoms with Crippen molar-refractivity contribution in [2.45, 2.75) is 6.18 Å².